The fourth-order valence-corrected chi connectivity index (χ4v) is 2.28. The third-order valence-electron chi connectivity index (χ3n) is 3.55. The lowest BCUT2D eigenvalue weighted by Gasteiger charge is -2.16. The molecule has 0 saturated heterocycles. The number of aliphatic hydroxyl groups is 2. The topological polar surface area (TPSA) is 58.9 Å². The van der Waals surface area contributed by atoms with Crippen molar-refractivity contribution in [3.8, 4) is 11.5 Å². The van der Waals surface area contributed by atoms with Crippen LogP contribution in [0.5, 0.6) is 11.5 Å². The second-order valence-corrected chi connectivity index (χ2v) is 5.04. The van der Waals surface area contributed by atoms with Crippen LogP contribution in [0.2, 0.25) is 0 Å². The predicted molar refractivity (Wildman–Crippen MR) is 79.5 cm³/mol. The molecule has 1 aromatic carbocycles. The van der Waals surface area contributed by atoms with Crippen LogP contribution < -0.4 is 9.47 Å². The highest BCUT2D eigenvalue weighted by Gasteiger charge is 2.12. The quantitative estimate of drug-likeness (QED) is 0.683. The van der Waals surface area contributed by atoms with E-state index in [0.717, 1.165) is 48.3 Å². The maximum Gasteiger partial charge on any atom is 0.125 e. The summed E-state index contributed by atoms with van der Waals surface area (Å²) in [7, 11) is 3.26. The van der Waals surface area contributed by atoms with Gasteiger partial charge in [-0.2, -0.15) is 0 Å². The molecule has 0 amide bonds. The van der Waals surface area contributed by atoms with Gasteiger partial charge < -0.3 is 19.7 Å². The Hall–Kier alpha value is -1.26. The Bertz CT molecular complexity index is 404. The van der Waals surface area contributed by atoms with Crippen molar-refractivity contribution in [2.75, 3.05) is 20.8 Å². The highest BCUT2D eigenvalue weighted by atomic mass is 16.5. The summed E-state index contributed by atoms with van der Waals surface area (Å²) >= 11 is 0. The molecule has 0 radical (unpaired) electrons. The van der Waals surface area contributed by atoms with E-state index in [1.807, 2.05) is 19.1 Å². The molecule has 2 N–H and O–H groups in total. The lowest BCUT2D eigenvalue weighted by atomic mass is 9.98. The highest BCUT2D eigenvalue weighted by Crippen LogP contribution is 2.29. The number of benzene rings is 1. The first-order chi connectivity index (χ1) is 9.62. The molecule has 0 bridgehead atoms. The van der Waals surface area contributed by atoms with Gasteiger partial charge in [-0.25, -0.2) is 0 Å². The summed E-state index contributed by atoms with van der Waals surface area (Å²) in [6.45, 7) is 2.22. The summed E-state index contributed by atoms with van der Waals surface area (Å²) in [5.74, 6) is 1.53. The van der Waals surface area contributed by atoms with E-state index in [9.17, 15) is 5.11 Å². The van der Waals surface area contributed by atoms with E-state index >= 15 is 0 Å². The Morgan fingerprint density at radius 2 is 1.85 bits per heavy atom. The predicted octanol–water partition coefficient (Wildman–Crippen LogP) is 2.47. The second kappa shape index (κ2) is 8.82. The van der Waals surface area contributed by atoms with Crippen molar-refractivity contribution >= 4 is 0 Å². The molecule has 20 heavy (non-hydrogen) atoms. The van der Waals surface area contributed by atoms with Crippen LogP contribution in [0.25, 0.3) is 0 Å². The summed E-state index contributed by atoms with van der Waals surface area (Å²) in [5, 5.41) is 18.8. The van der Waals surface area contributed by atoms with Gasteiger partial charge in [-0.05, 0) is 43.4 Å². The summed E-state index contributed by atoms with van der Waals surface area (Å²) in [5.41, 5.74) is 2.10. The Morgan fingerprint density at radius 3 is 2.45 bits per heavy atom. The van der Waals surface area contributed by atoms with Gasteiger partial charge in [-0.1, -0.05) is 12.8 Å². The van der Waals surface area contributed by atoms with Gasteiger partial charge in [0, 0.05) is 12.7 Å². The van der Waals surface area contributed by atoms with Crippen LogP contribution in [0.3, 0.4) is 0 Å². The van der Waals surface area contributed by atoms with E-state index in [-0.39, 0.29) is 12.7 Å². The van der Waals surface area contributed by atoms with Gasteiger partial charge in [0.05, 0.1) is 20.3 Å². The van der Waals surface area contributed by atoms with Gasteiger partial charge in [-0.15, -0.1) is 0 Å². The number of rotatable bonds is 9. The molecule has 0 unspecified atom stereocenters. The minimum absolute atomic E-state index is 0.224. The first-order valence-corrected chi connectivity index (χ1v) is 7.12. The van der Waals surface area contributed by atoms with Crippen LogP contribution in [0, 0.1) is 6.92 Å². The summed E-state index contributed by atoms with van der Waals surface area (Å²) in [4.78, 5) is 0. The Kier molecular flexibility index (Phi) is 7.41. The number of unbranched alkanes of at least 4 members (excludes halogenated alkanes) is 2. The molecule has 0 spiro atoms. The Balaban J connectivity index is 2.65. The van der Waals surface area contributed by atoms with Crippen molar-refractivity contribution < 1.29 is 19.7 Å². The van der Waals surface area contributed by atoms with E-state index in [1.54, 1.807) is 14.2 Å². The van der Waals surface area contributed by atoms with E-state index in [1.165, 1.54) is 0 Å². The number of ether oxygens (including phenoxy) is 2. The zero-order valence-corrected chi connectivity index (χ0v) is 12.7. The maximum absolute atomic E-state index is 10.1. The molecule has 114 valence electrons. The first kappa shape index (κ1) is 16.8. The van der Waals surface area contributed by atoms with Gasteiger partial charge in [0.2, 0.25) is 0 Å². The Labute approximate surface area is 121 Å². The molecule has 1 rings (SSSR count). The van der Waals surface area contributed by atoms with Crippen LogP contribution in [-0.4, -0.2) is 37.1 Å². The van der Waals surface area contributed by atoms with Crippen molar-refractivity contribution in [3.05, 3.63) is 23.3 Å². The molecule has 0 heterocycles. The van der Waals surface area contributed by atoms with Gasteiger partial charge in [-0.3, -0.25) is 0 Å². The summed E-state index contributed by atoms with van der Waals surface area (Å²) in [6, 6.07) is 3.81. The van der Waals surface area contributed by atoms with Crippen molar-refractivity contribution in [3.63, 3.8) is 0 Å². The number of methoxy groups -OCH3 is 2. The Morgan fingerprint density at radius 1 is 1.10 bits per heavy atom. The van der Waals surface area contributed by atoms with Crippen molar-refractivity contribution in [2.45, 2.75) is 45.1 Å². The van der Waals surface area contributed by atoms with E-state index < -0.39 is 0 Å². The molecular weight excluding hydrogens is 256 g/mol. The third kappa shape index (κ3) is 5.02. The lowest BCUT2D eigenvalue weighted by Crippen LogP contribution is -2.12. The molecule has 1 atom stereocenters. The first-order valence-electron chi connectivity index (χ1n) is 7.12. The zero-order valence-electron chi connectivity index (χ0n) is 12.7. The minimum Gasteiger partial charge on any atom is -0.497 e. The van der Waals surface area contributed by atoms with Gasteiger partial charge in [0.25, 0.3) is 0 Å². The SMILES string of the molecule is COc1cc(C[C@H](O)CCCCCO)c(C)c(OC)c1. The number of hydrogen-bond donors (Lipinski definition) is 2. The molecule has 0 aromatic heterocycles. The maximum atomic E-state index is 10.1. The van der Waals surface area contributed by atoms with E-state index in [2.05, 4.69) is 0 Å². The van der Waals surface area contributed by atoms with Crippen molar-refractivity contribution in [1.29, 1.82) is 0 Å². The molecular formula is C16H26O4. The molecule has 0 saturated carbocycles. The summed E-state index contributed by atoms with van der Waals surface area (Å²) in [6.07, 6.45) is 3.66. The second-order valence-electron chi connectivity index (χ2n) is 5.04. The van der Waals surface area contributed by atoms with Crippen LogP contribution in [-0.2, 0) is 6.42 Å². The largest absolute Gasteiger partial charge is 0.497 e. The molecule has 0 aliphatic rings. The smallest absolute Gasteiger partial charge is 0.125 e. The summed E-state index contributed by atoms with van der Waals surface area (Å²) < 4.78 is 10.6. The van der Waals surface area contributed by atoms with E-state index in [4.69, 9.17) is 14.6 Å². The highest BCUT2D eigenvalue weighted by molar-refractivity contribution is 5.46. The van der Waals surface area contributed by atoms with Crippen LogP contribution in [0.1, 0.15) is 36.8 Å². The normalized spacial score (nSPS) is 12.2. The van der Waals surface area contributed by atoms with Crippen LogP contribution in [0.4, 0.5) is 0 Å². The standard InChI is InChI=1S/C16H26O4/c1-12-13(9-14(18)7-5-4-6-8-17)10-15(19-2)11-16(12)20-3/h10-11,14,17-18H,4-9H2,1-3H3/t14-/m1/s1. The van der Waals surface area contributed by atoms with Crippen LogP contribution in [0.15, 0.2) is 12.1 Å². The zero-order chi connectivity index (χ0) is 15.0. The van der Waals surface area contributed by atoms with Gasteiger partial charge in [0.1, 0.15) is 11.5 Å². The molecule has 0 aliphatic heterocycles. The fraction of sp³-hybridized carbons (Fsp3) is 0.625. The molecule has 0 fully saturated rings. The molecule has 1 aromatic rings. The lowest BCUT2D eigenvalue weighted by molar-refractivity contribution is 0.159. The molecule has 4 heteroatoms. The van der Waals surface area contributed by atoms with Gasteiger partial charge in [0.15, 0.2) is 0 Å². The number of hydrogen-bond acceptors (Lipinski definition) is 4. The third-order valence-corrected chi connectivity index (χ3v) is 3.55. The average molecular weight is 282 g/mol. The molecule has 4 nitrogen and oxygen atoms in total. The fourth-order valence-electron chi connectivity index (χ4n) is 2.28. The van der Waals surface area contributed by atoms with Crippen molar-refractivity contribution in [2.24, 2.45) is 0 Å². The minimum atomic E-state index is -0.371. The van der Waals surface area contributed by atoms with Crippen molar-refractivity contribution in [1.82, 2.24) is 0 Å². The molecule has 0 aliphatic carbocycles. The average Bonchev–Trinajstić information content (AvgIpc) is 2.45. The van der Waals surface area contributed by atoms with E-state index in [0.29, 0.717) is 6.42 Å². The number of aliphatic hydroxyl groups excluding tert-OH is 2. The monoisotopic (exact) mass is 282 g/mol. The van der Waals surface area contributed by atoms with Gasteiger partial charge >= 0.3 is 0 Å². The van der Waals surface area contributed by atoms with Crippen LogP contribution >= 0.6 is 0 Å².